The van der Waals surface area contributed by atoms with E-state index in [9.17, 15) is 4.79 Å². The van der Waals surface area contributed by atoms with Crippen LogP contribution in [0.5, 0.6) is 0 Å². The van der Waals surface area contributed by atoms with E-state index in [-0.39, 0.29) is 12.5 Å². The fourth-order valence-electron chi connectivity index (χ4n) is 2.18. The summed E-state index contributed by atoms with van der Waals surface area (Å²) in [6, 6.07) is 1.86. The minimum absolute atomic E-state index is 0.0463. The molecule has 0 radical (unpaired) electrons. The third-order valence-electron chi connectivity index (χ3n) is 3.26. The number of aliphatic hydroxyl groups excluding tert-OH is 1. The Balaban J connectivity index is 2.00. The second-order valence-electron chi connectivity index (χ2n) is 4.53. The summed E-state index contributed by atoms with van der Waals surface area (Å²) < 4.78 is 0. The van der Waals surface area contributed by atoms with E-state index >= 15 is 0 Å². The first-order chi connectivity index (χ1) is 9.76. The highest BCUT2D eigenvalue weighted by Gasteiger charge is 2.23. The third-order valence-corrected chi connectivity index (χ3v) is 4.16. The van der Waals surface area contributed by atoms with Crippen molar-refractivity contribution in [3.05, 3.63) is 21.9 Å². The average molecular weight is 293 g/mol. The molecule has 1 aliphatic rings. The van der Waals surface area contributed by atoms with Crippen molar-refractivity contribution in [2.45, 2.75) is 0 Å². The minimum Gasteiger partial charge on any atom is -0.395 e. The second kappa shape index (κ2) is 7.41. The van der Waals surface area contributed by atoms with Gasteiger partial charge in [0.25, 0.3) is 5.91 Å². The molecular formula is C14H19N3O2S. The summed E-state index contributed by atoms with van der Waals surface area (Å²) in [6.07, 6.45) is 0. The van der Waals surface area contributed by atoms with Crippen molar-refractivity contribution < 1.29 is 9.90 Å². The van der Waals surface area contributed by atoms with E-state index in [4.69, 9.17) is 10.8 Å². The van der Waals surface area contributed by atoms with Gasteiger partial charge in [0, 0.05) is 38.3 Å². The van der Waals surface area contributed by atoms with Gasteiger partial charge in [-0.3, -0.25) is 9.69 Å². The highest BCUT2D eigenvalue weighted by molar-refractivity contribution is 7.12. The fraction of sp³-hybridized carbons (Fsp3) is 0.500. The maximum atomic E-state index is 12.5. The molecule has 0 unspecified atom stereocenters. The summed E-state index contributed by atoms with van der Waals surface area (Å²) in [6.45, 7) is 4.14. The molecule has 0 saturated carbocycles. The Kier molecular flexibility index (Phi) is 5.56. The summed E-state index contributed by atoms with van der Waals surface area (Å²) in [7, 11) is 0. The van der Waals surface area contributed by atoms with Crippen LogP contribution in [0.1, 0.15) is 15.2 Å². The zero-order valence-corrected chi connectivity index (χ0v) is 12.2. The Morgan fingerprint density at radius 2 is 2.15 bits per heavy atom. The molecule has 1 aromatic rings. The van der Waals surface area contributed by atoms with Crippen molar-refractivity contribution >= 4 is 17.2 Å². The number of nitrogens with two attached hydrogens (primary N) is 1. The lowest BCUT2D eigenvalue weighted by Gasteiger charge is -2.34. The maximum absolute atomic E-state index is 12.5. The van der Waals surface area contributed by atoms with E-state index in [1.165, 1.54) is 11.3 Å². The van der Waals surface area contributed by atoms with Crippen LogP contribution in [0.4, 0.5) is 0 Å². The van der Waals surface area contributed by atoms with Crippen molar-refractivity contribution in [1.82, 2.24) is 9.80 Å². The Bertz CT molecular complexity index is 510. The molecule has 2 rings (SSSR count). The SMILES string of the molecule is NCC#Cc1ccsc1C(=O)N1CCN(CCO)CC1. The molecule has 0 spiro atoms. The van der Waals surface area contributed by atoms with Crippen LogP contribution in [0.25, 0.3) is 0 Å². The number of rotatable bonds is 3. The number of hydrogen-bond acceptors (Lipinski definition) is 5. The molecule has 108 valence electrons. The highest BCUT2D eigenvalue weighted by atomic mass is 32.1. The van der Waals surface area contributed by atoms with E-state index in [1.807, 2.05) is 16.3 Å². The van der Waals surface area contributed by atoms with Crippen LogP contribution in [0, 0.1) is 11.8 Å². The van der Waals surface area contributed by atoms with Gasteiger partial charge in [0.05, 0.1) is 13.2 Å². The molecule has 0 atom stereocenters. The molecule has 1 saturated heterocycles. The van der Waals surface area contributed by atoms with Gasteiger partial charge in [0.1, 0.15) is 4.88 Å². The number of nitrogens with zero attached hydrogens (tertiary/aromatic N) is 2. The molecular weight excluding hydrogens is 274 g/mol. The average Bonchev–Trinajstić information content (AvgIpc) is 2.94. The van der Waals surface area contributed by atoms with Crippen LogP contribution in [0.3, 0.4) is 0 Å². The predicted molar refractivity (Wildman–Crippen MR) is 79.7 cm³/mol. The van der Waals surface area contributed by atoms with Crippen molar-refractivity contribution in [2.24, 2.45) is 5.73 Å². The molecule has 1 amide bonds. The number of piperazine rings is 1. The molecule has 0 bridgehead atoms. The van der Waals surface area contributed by atoms with Gasteiger partial charge in [-0.05, 0) is 11.4 Å². The lowest BCUT2D eigenvalue weighted by atomic mass is 10.2. The lowest BCUT2D eigenvalue weighted by Crippen LogP contribution is -2.49. The smallest absolute Gasteiger partial charge is 0.265 e. The minimum atomic E-state index is 0.0463. The summed E-state index contributed by atoms with van der Waals surface area (Å²) >= 11 is 1.42. The number of carbonyl (C=O) groups is 1. The van der Waals surface area contributed by atoms with E-state index < -0.39 is 0 Å². The first kappa shape index (κ1) is 15.0. The maximum Gasteiger partial charge on any atom is 0.265 e. The van der Waals surface area contributed by atoms with Crippen LogP contribution >= 0.6 is 11.3 Å². The largest absolute Gasteiger partial charge is 0.395 e. The van der Waals surface area contributed by atoms with Crippen molar-refractivity contribution in [1.29, 1.82) is 0 Å². The molecule has 1 fully saturated rings. The number of amides is 1. The second-order valence-corrected chi connectivity index (χ2v) is 5.44. The quantitative estimate of drug-likeness (QED) is 0.758. The monoisotopic (exact) mass is 293 g/mol. The van der Waals surface area contributed by atoms with Gasteiger partial charge >= 0.3 is 0 Å². The van der Waals surface area contributed by atoms with Gasteiger partial charge in [-0.2, -0.15) is 0 Å². The lowest BCUT2D eigenvalue weighted by molar-refractivity contribution is 0.0619. The first-order valence-corrected chi connectivity index (χ1v) is 7.53. The molecule has 1 aliphatic heterocycles. The van der Waals surface area contributed by atoms with Gasteiger partial charge in [0.2, 0.25) is 0 Å². The van der Waals surface area contributed by atoms with Crippen molar-refractivity contribution in [2.75, 3.05) is 45.9 Å². The van der Waals surface area contributed by atoms with Gasteiger partial charge in [0.15, 0.2) is 0 Å². The fourth-order valence-corrected chi connectivity index (χ4v) is 3.00. The van der Waals surface area contributed by atoms with Crippen LogP contribution in [-0.2, 0) is 0 Å². The van der Waals surface area contributed by atoms with E-state index in [0.29, 0.717) is 31.1 Å². The molecule has 3 N–H and O–H groups in total. The summed E-state index contributed by atoms with van der Waals surface area (Å²) in [5.74, 6) is 5.78. The van der Waals surface area contributed by atoms with Crippen LogP contribution < -0.4 is 5.73 Å². The summed E-state index contributed by atoms with van der Waals surface area (Å²) in [5, 5.41) is 10.8. The number of aliphatic hydroxyl groups is 1. The molecule has 0 aliphatic carbocycles. The summed E-state index contributed by atoms with van der Waals surface area (Å²) in [5.41, 5.74) is 6.13. The Hall–Kier alpha value is -1.39. The zero-order valence-electron chi connectivity index (χ0n) is 11.3. The first-order valence-electron chi connectivity index (χ1n) is 6.65. The Labute approximate surface area is 123 Å². The van der Waals surface area contributed by atoms with Gasteiger partial charge in [-0.15, -0.1) is 11.3 Å². The van der Waals surface area contributed by atoms with Crippen LogP contribution in [0.15, 0.2) is 11.4 Å². The van der Waals surface area contributed by atoms with Crippen LogP contribution in [-0.4, -0.2) is 66.7 Å². The topological polar surface area (TPSA) is 69.8 Å². The zero-order chi connectivity index (χ0) is 14.4. The predicted octanol–water partition coefficient (Wildman–Crippen LogP) is -0.192. The molecule has 5 nitrogen and oxygen atoms in total. The molecule has 20 heavy (non-hydrogen) atoms. The number of β-amino-alcohol motifs (C(OH)–C–C–N with tert-alkyl or cyclic N) is 1. The van der Waals surface area contributed by atoms with Gasteiger partial charge in [-0.25, -0.2) is 0 Å². The molecule has 6 heteroatoms. The van der Waals surface area contributed by atoms with E-state index in [2.05, 4.69) is 16.7 Å². The van der Waals surface area contributed by atoms with Gasteiger partial charge in [-0.1, -0.05) is 11.8 Å². The van der Waals surface area contributed by atoms with Crippen molar-refractivity contribution in [3.8, 4) is 11.8 Å². The van der Waals surface area contributed by atoms with E-state index in [1.54, 1.807) is 0 Å². The third kappa shape index (κ3) is 3.58. The Morgan fingerprint density at radius 1 is 1.40 bits per heavy atom. The van der Waals surface area contributed by atoms with E-state index in [0.717, 1.165) is 18.7 Å². The van der Waals surface area contributed by atoms with Crippen LogP contribution in [0.2, 0.25) is 0 Å². The normalized spacial score (nSPS) is 15.8. The molecule has 2 heterocycles. The number of hydrogen-bond donors (Lipinski definition) is 2. The summed E-state index contributed by atoms with van der Waals surface area (Å²) in [4.78, 5) is 17.2. The molecule has 1 aromatic heterocycles. The number of thiophene rings is 1. The standard InChI is InChI=1S/C14H19N3O2S/c15-4-1-2-12-3-11-20-13(12)14(19)17-7-5-16(6-8-17)9-10-18/h3,11,18H,4-10,15H2. The molecule has 0 aromatic carbocycles. The Morgan fingerprint density at radius 3 is 2.80 bits per heavy atom. The van der Waals surface area contributed by atoms with Gasteiger partial charge < -0.3 is 15.7 Å². The van der Waals surface area contributed by atoms with Crippen molar-refractivity contribution in [3.63, 3.8) is 0 Å². The highest BCUT2D eigenvalue weighted by Crippen LogP contribution is 2.19. The number of carbonyl (C=O) groups excluding carboxylic acids is 1.